The normalized spacial score (nSPS) is 43.9. The van der Waals surface area contributed by atoms with Crippen LogP contribution in [-0.4, -0.2) is 21.8 Å². The average Bonchev–Trinajstić information content (AvgIpc) is 2.23. The number of carboxylic acids is 1. The summed E-state index contributed by atoms with van der Waals surface area (Å²) in [6, 6.07) is 0. The number of aliphatic hydroxyl groups is 1. The van der Waals surface area contributed by atoms with Crippen LogP contribution in [0.25, 0.3) is 0 Å². The van der Waals surface area contributed by atoms with Crippen LogP contribution in [0.3, 0.4) is 0 Å². The number of hydrogen-bond donors (Lipinski definition) is 2. The maximum Gasteiger partial charge on any atom is 0.330 e. The number of rotatable bonds is 3. The molecule has 0 aromatic heterocycles. The molecule has 2 N–H and O–H groups in total. The smallest absolute Gasteiger partial charge is 0.330 e. The molecule has 4 fully saturated rings. The monoisotopic (exact) mass is 278 g/mol. The van der Waals surface area contributed by atoms with Gasteiger partial charge < -0.3 is 10.2 Å². The Bertz CT molecular complexity index is 449. The standard InChI is InChI=1S/C17H26O3/c1-10(15(18)19)7-16(2,3)14-13-5-11-4-12(6-13)9-17(14,20)8-11/h7,11-14,20H,4-6,8-9H2,1-3H3,(H,18,19). The Labute approximate surface area is 121 Å². The van der Waals surface area contributed by atoms with Crippen LogP contribution >= 0.6 is 0 Å². The molecule has 0 radical (unpaired) electrons. The van der Waals surface area contributed by atoms with Gasteiger partial charge in [-0.2, -0.15) is 0 Å². The highest BCUT2D eigenvalue weighted by molar-refractivity contribution is 5.85. The number of aliphatic carboxylic acids is 1. The van der Waals surface area contributed by atoms with Crippen molar-refractivity contribution in [3.8, 4) is 0 Å². The fourth-order valence-corrected chi connectivity index (χ4v) is 6.01. The van der Waals surface area contributed by atoms with Gasteiger partial charge in [-0.3, -0.25) is 0 Å². The lowest BCUT2D eigenvalue weighted by Gasteiger charge is -2.62. The predicted molar refractivity (Wildman–Crippen MR) is 77.2 cm³/mol. The molecular formula is C17H26O3. The van der Waals surface area contributed by atoms with Crippen molar-refractivity contribution in [2.75, 3.05) is 0 Å². The zero-order valence-corrected chi connectivity index (χ0v) is 12.7. The second kappa shape index (κ2) is 4.33. The summed E-state index contributed by atoms with van der Waals surface area (Å²) < 4.78 is 0. The highest BCUT2D eigenvalue weighted by Crippen LogP contribution is 2.62. The van der Waals surface area contributed by atoms with E-state index >= 15 is 0 Å². The number of carbonyl (C=O) groups is 1. The quantitative estimate of drug-likeness (QED) is 0.779. The summed E-state index contributed by atoms with van der Waals surface area (Å²) in [6.45, 7) is 5.86. The van der Waals surface area contributed by atoms with Crippen molar-refractivity contribution >= 4 is 5.97 Å². The van der Waals surface area contributed by atoms with Crippen molar-refractivity contribution < 1.29 is 15.0 Å². The summed E-state index contributed by atoms with van der Waals surface area (Å²) in [6.07, 6.45) is 7.48. The van der Waals surface area contributed by atoms with Gasteiger partial charge in [-0.25, -0.2) is 4.79 Å². The first-order chi connectivity index (χ1) is 9.21. The van der Waals surface area contributed by atoms with Gasteiger partial charge in [0.15, 0.2) is 0 Å². The molecule has 20 heavy (non-hydrogen) atoms. The van der Waals surface area contributed by atoms with Gasteiger partial charge in [-0.05, 0) is 68.1 Å². The maximum absolute atomic E-state index is 11.2. The topological polar surface area (TPSA) is 57.5 Å². The Kier molecular flexibility index (Phi) is 3.06. The van der Waals surface area contributed by atoms with Crippen LogP contribution in [0.5, 0.6) is 0 Å². The van der Waals surface area contributed by atoms with Gasteiger partial charge in [0, 0.05) is 5.57 Å². The molecule has 0 aromatic rings. The van der Waals surface area contributed by atoms with Crippen LogP contribution < -0.4 is 0 Å². The lowest BCUT2D eigenvalue weighted by Crippen LogP contribution is -2.60. The van der Waals surface area contributed by atoms with Gasteiger partial charge in [0.1, 0.15) is 0 Å². The van der Waals surface area contributed by atoms with Gasteiger partial charge >= 0.3 is 5.97 Å². The van der Waals surface area contributed by atoms with Gasteiger partial charge in [0.05, 0.1) is 5.60 Å². The van der Waals surface area contributed by atoms with Crippen molar-refractivity contribution in [1.29, 1.82) is 0 Å². The lowest BCUT2D eigenvalue weighted by atomic mass is 9.45. The molecule has 0 heterocycles. The van der Waals surface area contributed by atoms with E-state index in [9.17, 15) is 9.90 Å². The Hall–Kier alpha value is -0.830. The molecule has 4 bridgehead atoms. The van der Waals surface area contributed by atoms with Crippen LogP contribution in [0, 0.1) is 29.1 Å². The fraction of sp³-hybridized carbons (Fsp3) is 0.824. The van der Waals surface area contributed by atoms with Crippen molar-refractivity contribution in [2.45, 2.75) is 58.5 Å². The Morgan fingerprint density at radius 3 is 2.20 bits per heavy atom. The maximum atomic E-state index is 11.2. The third-order valence-corrected chi connectivity index (χ3v) is 6.00. The molecule has 0 saturated heterocycles. The molecule has 3 unspecified atom stereocenters. The zero-order valence-electron chi connectivity index (χ0n) is 12.7. The molecule has 4 aliphatic rings. The van der Waals surface area contributed by atoms with Crippen LogP contribution in [0.1, 0.15) is 52.9 Å². The van der Waals surface area contributed by atoms with Crippen LogP contribution in [0.4, 0.5) is 0 Å². The van der Waals surface area contributed by atoms with E-state index in [1.165, 1.54) is 19.3 Å². The minimum atomic E-state index is -0.853. The zero-order chi connectivity index (χ0) is 14.7. The molecule has 4 saturated carbocycles. The van der Waals surface area contributed by atoms with E-state index in [0.717, 1.165) is 12.8 Å². The summed E-state index contributed by atoms with van der Waals surface area (Å²) in [7, 11) is 0. The van der Waals surface area contributed by atoms with E-state index in [2.05, 4.69) is 13.8 Å². The molecule has 0 aromatic carbocycles. The van der Waals surface area contributed by atoms with E-state index in [1.54, 1.807) is 6.92 Å². The van der Waals surface area contributed by atoms with E-state index < -0.39 is 11.6 Å². The summed E-state index contributed by atoms with van der Waals surface area (Å²) in [5.74, 6) is 1.33. The predicted octanol–water partition coefficient (Wildman–Crippen LogP) is 3.23. The van der Waals surface area contributed by atoms with E-state index in [0.29, 0.717) is 23.3 Å². The molecule has 0 spiro atoms. The molecule has 0 amide bonds. The Morgan fingerprint density at radius 1 is 1.20 bits per heavy atom. The Balaban J connectivity index is 1.93. The second-order valence-electron chi connectivity index (χ2n) is 8.14. The molecule has 3 atom stereocenters. The first-order valence-electron chi connectivity index (χ1n) is 7.86. The molecule has 0 aliphatic heterocycles. The van der Waals surface area contributed by atoms with Crippen LogP contribution in [0.2, 0.25) is 0 Å². The minimum Gasteiger partial charge on any atom is -0.478 e. The molecule has 3 heteroatoms. The van der Waals surface area contributed by atoms with E-state index in [1.807, 2.05) is 6.08 Å². The Morgan fingerprint density at radius 2 is 1.75 bits per heavy atom. The second-order valence-corrected chi connectivity index (χ2v) is 8.14. The first kappa shape index (κ1) is 14.1. The summed E-state index contributed by atoms with van der Waals surface area (Å²) >= 11 is 0. The third-order valence-electron chi connectivity index (χ3n) is 6.00. The number of hydrogen-bond acceptors (Lipinski definition) is 2. The van der Waals surface area contributed by atoms with E-state index in [4.69, 9.17) is 5.11 Å². The minimum absolute atomic E-state index is 0.206. The van der Waals surface area contributed by atoms with Crippen LogP contribution in [-0.2, 0) is 4.79 Å². The SMILES string of the molecule is CC(=CC(C)(C)C1C2CC3CC(C2)CC1(O)C3)C(=O)O. The third kappa shape index (κ3) is 2.11. The van der Waals surface area contributed by atoms with Crippen LogP contribution in [0.15, 0.2) is 11.6 Å². The highest BCUT2D eigenvalue weighted by atomic mass is 16.4. The van der Waals surface area contributed by atoms with Crippen molar-refractivity contribution in [3.63, 3.8) is 0 Å². The van der Waals surface area contributed by atoms with Crippen molar-refractivity contribution in [1.82, 2.24) is 0 Å². The molecular weight excluding hydrogens is 252 g/mol. The van der Waals surface area contributed by atoms with Gasteiger partial charge in [-0.1, -0.05) is 19.9 Å². The number of carboxylic acid groups (broad SMARTS) is 1. The van der Waals surface area contributed by atoms with Crippen molar-refractivity contribution in [2.24, 2.45) is 29.1 Å². The highest BCUT2D eigenvalue weighted by Gasteiger charge is 2.59. The molecule has 112 valence electrons. The molecule has 4 aliphatic carbocycles. The van der Waals surface area contributed by atoms with Gasteiger partial charge in [0.2, 0.25) is 0 Å². The molecule has 3 nitrogen and oxygen atoms in total. The van der Waals surface area contributed by atoms with E-state index in [-0.39, 0.29) is 11.3 Å². The fourth-order valence-electron chi connectivity index (χ4n) is 6.01. The summed E-state index contributed by atoms with van der Waals surface area (Å²) in [4.78, 5) is 11.1. The summed E-state index contributed by atoms with van der Waals surface area (Å²) in [5.41, 5.74) is -0.421. The lowest BCUT2D eigenvalue weighted by molar-refractivity contribution is -0.195. The van der Waals surface area contributed by atoms with Crippen molar-refractivity contribution in [3.05, 3.63) is 11.6 Å². The first-order valence-corrected chi connectivity index (χ1v) is 7.86. The molecule has 4 rings (SSSR count). The number of allylic oxidation sites excluding steroid dienone is 1. The average molecular weight is 278 g/mol. The summed E-state index contributed by atoms with van der Waals surface area (Å²) in [5, 5.41) is 20.3. The van der Waals surface area contributed by atoms with Gasteiger partial charge in [0.25, 0.3) is 0 Å². The largest absolute Gasteiger partial charge is 0.478 e. The van der Waals surface area contributed by atoms with Gasteiger partial charge in [-0.15, -0.1) is 0 Å².